The monoisotopic (exact) mass is 343 g/mol. The molecule has 0 aliphatic carbocycles. The number of benzene rings is 1. The first-order valence-corrected chi connectivity index (χ1v) is 8.30. The molecule has 3 aliphatic heterocycles. The van der Waals surface area contributed by atoms with Gasteiger partial charge in [-0.2, -0.15) is 0 Å². The van der Waals surface area contributed by atoms with Gasteiger partial charge in [-0.05, 0) is 18.6 Å². The maximum Gasteiger partial charge on any atom is 0.264 e. The van der Waals surface area contributed by atoms with Crippen LogP contribution in [0.5, 0.6) is 0 Å². The predicted octanol–water partition coefficient (Wildman–Crippen LogP) is -0.503. The number of rotatable bonds is 2. The summed E-state index contributed by atoms with van der Waals surface area (Å²) in [4.78, 5) is 52.3. The van der Waals surface area contributed by atoms with Gasteiger partial charge in [0.2, 0.25) is 11.8 Å². The number of hydrogen-bond acceptors (Lipinski definition) is 6. The van der Waals surface area contributed by atoms with E-state index in [1.165, 1.54) is 5.31 Å². The van der Waals surface area contributed by atoms with Crippen LogP contribution in [0.4, 0.5) is 5.69 Å². The third-order valence-electron chi connectivity index (χ3n) is 4.84. The number of piperazine rings is 1. The summed E-state index contributed by atoms with van der Waals surface area (Å²) in [6, 6.07) is 4.14. The number of anilines is 1. The Bertz CT molecular complexity index is 819. The van der Waals surface area contributed by atoms with Crippen LogP contribution in [0.1, 0.15) is 33.6 Å². The number of piperidine rings is 1. The van der Waals surface area contributed by atoms with E-state index in [0.717, 1.165) is 4.90 Å². The Morgan fingerprint density at radius 2 is 1.84 bits per heavy atom. The number of hydrogen-bond donors (Lipinski definition) is 2. The Morgan fingerprint density at radius 1 is 1.08 bits per heavy atom. The number of nitrogens with one attached hydrogen (secondary N) is 2. The van der Waals surface area contributed by atoms with E-state index in [-0.39, 0.29) is 18.4 Å². The highest BCUT2D eigenvalue weighted by Crippen LogP contribution is 2.34. The van der Waals surface area contributed by atoms with Crippen molar-refractivity contribution in [2.45, 2.75) is 18.9 Å². The van der Waals surface area contributed by atoms with Gasteiger partial charge in [0.25, 0.3) is 11.8 Å². The van der Waals surface area contributed by atoms with E-state index in [1.807, 2.05) is 4.90 Å². The smallest absolute Gasteiger partial charge is 0.264 e. The maximum atomic E-state index is 13.0. The molecule has 1 aromatic carbocycles. The van der Waals surface area contributed by atoms with E-state index >= 15 is 0 Å². The zero-order chi connectivity index (χ0) is 18.4. The van der Waals surface area contributed by atoms with Gasteiger partial charge in [-0.3, -0.25) is 29.4 Å². The van der Waals surface area contributed by atoms with E-state index < -0.39 is 29.7 Å². The predicted molar refractivity (Wildman–Crippen MR) is 88.2 cm³/mol. The third-order valence-corrected chi connectivity index (χ3v) is 4.84. The number of carbonyl (C=O) groups is 4. The van der Waals surface area contributed by atoms with Gasteiger partial charge in [0, 0.05) is 32.6 Å². The van der Waals surface area contributed by atoms with E-state index in [1.54, 1.807) is 18.2 Å². The van der Waals surface area contributed by atoms with Crippen LogP contribution in [0.25, 0.3) is 0 Å². The minimum atomic E-state index is -0.960. The van der Waals surface area contributed by atoms with E-state index in [4.69, 9.17) is 1.41 Å². The highest BCUT2D eigenvalue weighted by Gasteiger charge is 2.46. The highest BCUT2D eigenvalue weighted by atomic mass is 16.2. The van der Waals surface area contributed by atoms with E-state index in [2.05, 4.69) is 5.32 Å². The molecule has 25 heavy (non-hydrogen) atoms. The van der Waals surface area contributed by atoms with Crippen molar-refractivity contribution < 1.29 is 20.6 Å². The van der Waals surface area contributed by atoms with Crippen molar-refractivity contribution in [3.63, 3.8) is 0 Å². The van der Waals surface area contributed by atoms with Gasteiger partial charge in [-0.1, -0.05) is 6.07 Å². The average molecular weight is 343 g/mol. The summed E-state index contributed by atoms with van der Waals surface area (Å²) in [7, 11) is 0. The van der Waals surface area contributed by atoms with Gasteiger partial charge in [0.15, 0.2) is 0 Å². The fourth-order valence-electron chi connectivity index (χ4n) is 3.61. The SMILES string of the molecule is [2H]N1CCN(c2cccc3c2C(=O)N(C2CCC(=O)NC2=O)C3=O)CC1. The molecule has 1 atom stereocenters. The first kappa shape index (κ1) is 14.6. The molecular formula is C17H18N4O4. The minimum absolute atomic E-state index is 0.0993. The number of amides is 4. The van der Waals surface area contributed by atoms with Crippen molar-refractivity contribution in [3.05, 3.63) is 29.3 Å². The van der Waals surface area contributed by atoms with E-state index in [0.29, 0.717) is 37.4 Å². The number of nitrogens with zero attached hydrogens (tertiary/aromatic N) is 2. The van der Waals surface area contributed by atoms with Gasteiger partial charge in [-0.25, -0.2) is 0 Å². The van der Waals surface area contributed by atoms with Gasteiger partial charge in [0.1, 0.15) is 7.45 Å². The molecule has 2 N–H and O–H groups in total. The molecule has 2 saturated heterocycles. The molecule has 8 heteroatoms. The molecule has 130 valence electrons. The van der Waals surface area contributed by atoms with Crippen molar-refractivity contribution in [2.75, 3.05) is 31.1 Å². The fraction of sp³-hybridized carbons (Fsp3) is 0.412. The van der Waals surface area contributed by atoms with Crippen LogP contribution < -0.4 is 15.5 Å². The first-order valence-electron chi connectivity index (χ1n) is 8.75. The van der Waals surface area contributed by atoms with Crippen molar-refractivity contribution in [3.8, 4) is 0 Å². The summed E-state index contributed by atoms with van der Waals surface area (Å²) >= 11 is 0. The van der Waals surface area contributed by atoms with Crippen LogP contribution in [-0.4, -0.2) is 60.7 Å². The molecule has 3 aliphatic rings. The molecule has 0 radical (unpaired) electrons. The average Bonchev–Trinajstić information content (AvgIpc) is 2.87. The third kappa shape index (κ3) is 2.49. The summed E-state index contributed by atoms with van der Waals surface area (Å²) in [5.41, 5.74) is 1.25. The fourth-order valence-corrected chi connectivity index (χ4v) is 3.61. The normalized spacial score (nSPS) is 25.1. The molecule has 0 spiro atoms. The largest absolute Gasteiger partial charge is 0.368 e. The molecule has 3 heterocycles. The lowest BCUT2D eigenvalue weighted by Gasteiger charge is -2.31. The van der Waals surface area contributed by atoms with Crippen LogP contribution in [0, 0.1) is 0 Å². The Morgan fingerprint density at radius 3 is 2.56 bits per heavy atom. The summed E-state index contributed by atoms with van der Waals surface area (Å²) in [5, 5.41) is 3.66. The zero-order valence-corrected chi connectivity index (χ0v) is 13.5. The summed E-state index contributed by atoms with van der Waals surface area (Å²) in [5.74, 6) is -2.00. The van der Waals surface area contributed by atoms with Gasteiger partial charge >= 0.3 is 0 Å². The summed E-state index contributed by atoms with van der Waals surface area (Å²) < 4.78 is 7.66. The van der Waals surface area contributed by atoms with Gasteiger partial charge in [0.05, 0.1) is 16.8 Å². The molecular weight excluding hydrogens is 324 g/mol. The van der Waals surface area contributed by atoms with Gasteiger partial charge in [-0.15, -0.1) is 0 Å². The maximum absolute atomic E-state index is 13.0. The van der Waals surface area contributed by atoms with Crippen LogP contribution in [0.15, 0.2) is 18.2 Å². The van der Waals surface area contributed by atoms with Crippen molar-refractivity contribution in [2.24, 2.45) is 0 Å². The Balaban J connectivity index is 1.67. The molecule has 1 aromatic rings. The number of fused-ring (bicyclic) bond motifs is 1. The topological polar surface area (TPSA) is 98.8 Å². The van der Waals surface area contributed by atoms with Crippen LogP contribution in [0.2, 0.25) is 1.41 Å². The molecule has 4 amide bonds. The second-order valence-corrected chi connectivity index (χ2v) is 6.30. The van der Waals surface area contributed by atoms with Crippen LogP contribution in [-0.2, 0) is 9.59 Å². The summed E-state index contributed by atoms with van der Waals surface area (Å²) in [6.07, 6.45) is 0.241. The first-order chi connectivity index (χ1) is 12.5. The number of carbonyl (C=O) groups excluding carboxylic acids is 4. The summed E-state index contributed by atoms with van der Waals surface area (Å²) in [6.45, 7) is 2.25. The lowest BCUT2D eigenvalue weighted by atomic mass is 10.0. The minimum Gasteiger partial charge on any atom is -0.368 e. The van der Waals surface area contributed by atoms with Crippen molar-refractivity contribution >= 4 is 29.3 Å². The Labute approximate surface area is 145 Å². The Kier molecular flexibility index (Phi) is 3.48. The quantitative estimate of drug-likeness (QED) is 0.703. The lowest BCUT2D eigenvalue weighted by molar-refractivity contribution is -0.136. The molecule has 4 rings (SSSR count). The second kappa shape index (κ2) is 5.96. The van der Waals surface area contributed by atoms with Crippen LogP contribution >= 0.6 is 0 Å². The van der Waals surface area contributed by atoms with Crippen molar-refractivity contribution in [1.82, 2.24) is 15.5 Å². The highest BCUT2D eigenvalue weighted by molar-refractivity contribution is 6.25. The molecule has 1 unspecified atom stereocenters. The Hall–Kier alpha value is -2.74. The molecule has 2 fully saturated rings. The lowest BCUT2D eigenvalue weighted by Crippen LogP contribution is -2.54. The standard InChI is InChI=1S/C17H18N4O4/c22-13-5-4-12(15(23)19-13)21-16(24)10-2-1-3-11(14(10)17(21)25)20-8-6-18-7-9-20/h1-3,12,18H,4-9H2,(H,19,22,23)/i/hD. The zero-order valence-electron chi connectivity index (χ0n) is 14.5. The molecule has 0 bridgehead atoms. The number of imide groups is 2. The molecule has 8 nitrogen and oxygen atoms in total. The van der Waals surface area contributed by atoms with E-state index in [9.17, 15) is 19.2 Å². The second-order valence-electron chi connectivity index (χ2n) is 6.30. The molecule has 0 aromatic heterocycles. The van der Waals surface area contributed by atoms with Crippen molar-refractivity contribution in [1.29, 1.82) is 0 Å². The molecule has 0 saturated carbocycles. The van der Waals surface area contributed by atoms with Crippen LogP contribution in [0.3, 0.4) is 0 Å². The van der Waals surface area contributed by atoms with Gasteiger partial charge < -0.3 is 10.2 Å².